The van der Waals surface area contributed by atoms with Crippen LogP contribution in [0.25, 0.3) is 5.57 Å². The molecule has 10 nitrogen and oxygen atoms in total. The summed E-state index contributed by atoms with van der Waals surface area (Å²) in [5, 5.41) is 15.0. The van der Waals surface area contributed by atoms with Crippen molar-refractivity contribution in [3.8, 4) is 0 Å². The Balaban J connectivity index is 1.54. The SMILES string of the molecule is C=C(C(=O)N1CCN(C(=O)OC(C)(C)C)C(C(=O)NCc2ccccc2)C1)c1ccc(Sc2ccccc2C(C)C)c([N+](=O)[O-])c1. The van der Waals surface area contributed by atoms with Gasteiger partial charge in [-0.2, -0.15) is 0 Å². The van der Waals surface area contributed by atoms with Crippen LogP contribution < -0.4 is 5.32 Å². The van der Waals surface area contributed by atoms with Gasteiger partial charge in [-0.1, -0.05) is 86.8 Å². The van der Waals surface area contributed by atoms with Gasteiger partial charge in [-0.3, -0.25) is 24.6 Å². The summed E-state index contributed by atoms with van der Waals surface area (Å²) in [4.78, 5) is 56.1. The summed E-state index contributed by atoms with van der Waals surface area (Å²) in [5.41, 5.74) is 1.41. The molecule has 3 aromatic carbocycles. The average molecular weight is 645 g/mol. The number of nitrogens with zero attached hydrogens (tertiary/aromatic N) is 3. The molecule has 0 aromatic heterocycles. The molecule has 3 aromatic rings. The van der Waals surface area contributed by atoms with Crippen molar-refractivity contribution in [2.75, 3.05) is 19.6 Å². The van der Waals surface area contributed by atoms with Crippen molar-refractivity contribution < 1.29 is 24.0 Å². The van der Waals surface area contributed by atoms with Gasteiger partial charge in [0.05, 0.1) is 16.4 Å². The van der Waals surface area contributed by atoms with Gasteiger partial charge >= 0.3 is 6.09 Å². The zero-order chi connectivity index (χ0) is 33.6. The molecule has 3 amide bonds. The molecule has 1 unspecified atom stereocenters. The molecule has 11 heteroatoms. The lowest BCUT2D eigenvalue weighted by molar-refractivity contribution is -0.387. The molecule has 1 atom stereocenters. The monoisotopic (exact) mass is 644 g/mol. The van der Waals surface area contributed by atoms with E-state index in [0.29, 0.717) is 10.5 Å². The fourth-order valence-corrected chi connectivity index (χ4v) is 6.23. The summed E-state index contributed by atoms with van der Waals surface area (Å²) < 4.78 is 5.56. The highest BCUT2D eigenvalue weighted by Crippen LogP contribution is 2.39. The first-order chi connectivity index (χ1) is 21.7. The molecular formula is C35H40N4O6S. The summed E-state index contributed by atoms with van der Waals surface area (Å²) in [5.74, 6) is -0.680. The third kappa shape index (κ3) is 8.54. The molecule has 0 saturated carbocycles. The first-order valence-electron chi connectivity index (χ1n) is 15.1. The molecule has 0 bridgehead atoms. The Hall–Kier alpha value is -4.64. The van der Waals surface area contributed by atoms with Crippen LogP contribution in [0.5, 0.6) is 0 Å². The average Bonchev–Trinajstić information content (AvgIpc) is 3.02. The Morgan fingerprint density at radius 2 is 1.70 bits per heavy atom. The lowest BCUT2D eigenvalue weighted by Crippen LogP contribution is -2.62. The highest BCUT2D eigenvalue weighted by Gasteiger charge is 2.39. The molecule has 4 rings (SSSR count). The number of rotatable bonds is 9. The van der Waals surface area contributed by atoms with Crippen molar-refractivity contribution in [1.29, 1.82) is 0 Å². The van der Waals surface area contributed by atoms with Gasteiger partial charge in [0.15, 0.2) is 0 Å². The third-order valence-electron chi connectivity index (χ3n) is 7.43. The zero-order valence-electron chi connectivity index (χ0n) is 26.8. The Kier molecular flexibility index (Phi) is 10.9. The van der Waals surface area contributed by atoms with Crippen LogP contribution in [0.1, 0.15) is 57.2 Å². The molecule has 0 aliphatic carbocycles. The quantitative estimate of drug-likeness (QED) is 0.157. The first kappa shape index (κ1) is 34.2. The minimum absolute atomic E-state index is 0.0522. The fraction of sp³-hybridized carbons (Fsp3) is 0.343. The van der Waals surface area contributed by atoms with Crippen molar-refractivity contribution in [1.82, 2.24) is 15.1 Å². The van der Waals surface area contributed by atoms with Crippen LogP contribution in [-0.4, -0.2) is 63.9 Å². The van der Waals surface area contributed by atoms with Crippen molar-refractivity contribution >= 4 is 40.9 Å². The Morgan fingerprint density at radius 3 is 2.35 bits per heavy atom. The molecule has 1 aliphatic rings. The van der Waals surface area contributed by atoms with Crippen molar-refractivity contribution in [2.24, 2.45) is 0 Å². The van der Waals surface area contributed by atoms with E-state index in [1.165, 1.54) is 27.6 Å². The molecular weight excluding hydrogens is 604 g/mol. The van der Waals surface area contributed by atoms with Crippen LogP contribution in [0, 0.1) is 10.1 Å². The first-order valence-corrected chi connectivity index (χ1v) is 15.9. The maximum atomic E-state index is 13.7. The molecule has 0 radical (unpaired) electrons. The van der Waals surface area contributed by atoms with Crippen LogP contribution in [0.15, 0.2) is 89.2 Å². The zero-order valence-corrected chi connectivity index (χ0v) is 27.6. The third-order valence-corrected chi connectivity index (χ3v) is 8.59. The van der Waals surface area contributed by atoms with Crippen molar-refractivity contribution in [3.63, 3.8) is 0 Å². The molecule has 1 N–H and O–H groups in total. The number of hydrogen-bond acceptors (Lipinski definition) is 7. The predicted octanol–water partition coefficient (Wildman–Crippen LogP) is 6.65. The van der Waals surface area contributed by atoms with Gasteiger partial charge in [-0.05, 0) is 55.5 Å². The van der Waals surface area contributed by atoms with Crippen LogP contribution in [0.2, 0.25) is 0 Å². The maximum Gasteiger partial charge on any atom is 0.411 e. The summed E-state index contributed by atoms with van der Waals surface area (Å²) in [6.07, 6.45) is -0.652. The van der Waals surface area contributed by atoms with E-state index in [-0.39, 0.29) is 43.4 Å². The van der Waals surface area contributed by atoms with Crippen molar-refractivity contribution in [2.45, 2.75) is 68.5 Å². The van der Waals surface area contributed by atoms with Gasteiger partial charge < -0.3 is 15.0 Å². The van der Waals surface area contributed by atoms with Crippen LogP contribution in [-0.2, 0) is 20.9 Å². The predicted molar refractivity (Wildman–Crippen MR) is 178 cm³/mol. The van der Waals surface area contributed by atoms with Crippen molar-refractivity contribution in [3.05, 3.63) is 106 Å². The number of nitro groups is 1. The largest absolute Gasteiger partial charge is 0.444 e. The standard InChI is InChI=1S/C35H40N4O6S/c1-23(2)27-14-10-11-15-30(27)46-31-17-16-26(20-28(31)39(43)44)24(3)33(41)37-18-19-38(34(42)45-35(4,5)6)29(22-37)32(40)36-21-25-12-8-7-9-13-25/h7-17,20,23,29H,3,18-19,21-22H2,1-2,4-6H3,(H,36,40). The smallest absolute Gasteiger partial charge is 0.411 e. The molecule has 46 heavy (non-hydrogen) atoms. The van der Waals surface area contributed by atoms with E-state index < -0.39 is 34.5 Å². The highest BCUT2D eigenvalue weighted by molar-refractivity contribution is 7.99. The molecule has 1 saturated heterocycles. The number of carbonyl (C=O) groups is 3. The minimum Gasteiger partial charge on any atom is -0.444 e. The molecule has 1 heterocycles. The van der Waals surface area contributed by atoms with Crippen LogP contribution in [0.3, 0.4) is 0 Å². The number of ether oxygens (including phenoxy) is 1. The van der Waals surface area contributed by atoms with E-state index in [1.807, 2.05) is 54.6 Å². The Morgan fingerprint density at radius 1 is 1.02 bits per heavy atom. The summed E-state index contributed by atoms with van der Waals surface area (Å²) >= 11 is 1.31. The number of carbonyl (C=O) groups excluding carboxylic acids is 3. The Bertz CT molecular complexity index is 1620. The second-order valence-electron chi connectivity index (χ2n) is 12.4. The summed E-state index contributed by atoms with van der Waals surface area (Å²) in [6, 6.07) is 20.8. The second kappa shape index (κ2) is 14.6. The Labute approximate surface area is 273 Å². The molecule has 1 aliphatic heterocycles. The van der Waals surface area contributed by atoms with E-state index in [0.717, 1.165) is 16.0 Å². The summed E-state index contributed by atoms with van der Waals surface area (Å²) in [7, 11) is 0. The van der Waals surface area contributed by atoms with Gasteiger partial charge in [0, 0.05) is 36.2 Å². The normalized spacial score (nSPS) is 15.0. The van der Waals surface area contributed by atoms with E-state index in [2.05, 4.69) is 25.7 Å². The van der Waals surface area contributed by atoms with Crippen LogP contribution in [0.4, 0.5) is 10.5 Å². The molecule has 0 spiro atoms. The van der Waals surface area contributed by atoms with Crippen LogP contribution >= 0.6 is 11.8 Å². The van der Waals surface area contributed by atoms with E-state index in [1.54, 1.807) is 32.9 Å². The van der Waals surface area contributed by atoms with Gasteiger partial charge in [0.2, 0.25) is 5.91 Å². The number of hydrogen-bond donors (Lipinski definition) is 1. The van der Waals surface area contributed by atoms with E-state index in [9.17, 15) is 24.5 Å². The molecule has 1 fully saturated rings. The van der Waals surface area contributed by atoms with Gasteiger partial charge in [-0.25, -0.2) is 4.79 Å². The number of nitro benzene ring substituents is 1. The van der Waals surface area contributed by atoms with Gasteiger partial charge in [-0.15, -0.1) is 0 Å². The maximum absolute atomic E-state index is 13.7. The fourth-order valence-electron chi connectivity index (χ4n) is 5.05. The number of amides is 3. The van der Waals surface area contributed by atoms with E-state index in [4.69, 9.17) is 4.74 Å². The van der Waals surface area contributed by atoms with Gasteiger partial charge in [0.25, 0.3) is 11.6 Å². The number of nitrogens with one attached hydrogen (secondary N) is 1. The highest BCUT2D eigenvalue weighted by atomic mass is 32.2. The molecule has 242 valence electrons. The topological polar surface area (TPSA) is 122 Å². The lowest BCUT2D eigenvalue weighted by atomic mass is 10.0. The number of piperazine rings is 1. The lowest BCUT2D eigenvalue weighted by Gasteiger charge is -2.41. The second-order valence-corrected chi connectivity index (χ2v) is 13.4. The van der Waals surface area contributed by atoms with Gasteiger partial charge in [0.1, 0.15) is 11.6 Å². The van der Waals surface area contributed by atoms with E-state index >= 15 is 0 Å². The number of benzene rings is 3. The minimum atomic E-state index is -1.02. The summed E-state index contributed by atoms with van der Waals surface area (Å²) in [6.45, 7) is 13.7.